The number of hydrogen-bond donors (Lipinski definition) is 0. The Kier molecular flexibility index (Phi) is 7.72. The largest absolute Gasteiger partial charge is 0.139 e. The zero-order valence-corrected chi connectivity index (χ0v) is 31.3. The van der Waals surface area contributed by atoms with Crippen molar-refractivity contribution in [2.24, 2.45) is 0 Å². The van der Waals surface area contributed by atoms with Crippen LogP contribution in [0.5, 0.6) is 0 Å². The molecular formula is C38H34B10S. The van der Waals surface area contributed by atoms with Gasteiger partial charge in [-0.2, -0.15) is 0 Å². The summed E-state index contributed by atoms with van der Waals surface area (Å²) in [6, 6.07) is 32.4. The summed E-state index contributed by atoms with van der Waals surface area (Å²) >= 11 is 1.91. The van der Waals surface area contributed by atoms with E-state index >= 15 is 0 Å². The van der Waals surface area contributed by atoms with Gasteiger partial charge in [0.25, 0.3) is 0 Å². The van der Waals surface area contributed by atoms with E-state index in [4.69, 9.17) is 0 Å². The van der Waals surface area contributed by atoms with Crippen LogP contribution in [0.25, 0.3) is 75.1 Å². The van der Waals surface area contributed by atoms with Gasteiger partial charge in [-0.15, -0.1) is 44.1 Å². The van der Waals surface area contributed by atoms with Crippen LogP contribution in [-0.2, 0) is 0 Å². The highest BCUT2D eigenvalue weighted by Crippen LogP contribution is 2.45. The number of thiophene rings is 1. The van der Waals surface area contributed by atoms with Crippen molar-refractivity contribution in [3.8, 4) is 33.4 Å². The summed E-state index contributed by atoms with van der Waals surface area (Å²) in [5, 5.41) is 7.93. The van der Waals surface area contributed by atoms with E-state index in [2.05, 4.69) is 163 Å². The molecule has 0 N–H and O–H groups in total. The Morgan fingerprint density at radius 3 is 1.20 bits per heavy atom. The maximum atomic E-state index is 2.45. The third-order valence-electron chi connectivity index (χ3n) is 12.2. The minimum atomic E-state index is 1.27. The lowest BCUT2D eigenvalue weighted by atomic mass is 9.59. The van der Waals surface area contributed by atoms with Crippen LogP contribution in [0.1, 0.15) is 0 Å². The summed E-state index contributed by atoms with van der Waals surface area (Å²) in [6.45, 7) is 0. The molecule has 0 atom stereocenters. The van der Waals surface area contributed by atoms with E-state index < -0.39 is 0 Å². The lowest BCUT2D eigenvalue weighted by molar-refractivity contribution is 1.71. The lowest BCUT2D eigenvalue weighted by Crippen LogP contribution is -2.55. The highest BCUT2D eigenvalue weighted by molar-refractivity contribution is 7.25. The van der Waals surface area contributed by atoms with Gasteiger partial charge in [0.05, 0.1) is 0 Å². The SMILES string of the molecule is Bc1c(B)c(B)c(-c2ccc3c(c2)sc2ccc(-c4c5ccccc5c(-c5c(B)c(B)c(B)c(B)c5B)c5ccccc45)cc23)c(B)c1B. The third kappa shape index (κ3) is 4.72. The normalized spacial score (nSPS) is 11.7. The van der Waals surface area contributed by atoms with Crippen molar-refractivity contribution in [1.82, 2.24) is 0 Å². The zero-order chi connectivity index (χ0) is 34.5. The smallest absolute Gasteiger partial charge is 0.135 e. The fourth-order valence-electron chi connectivity index (χ4n) is 8.61. The van der Waals surface area contributed by atoms with Crippen molar-refractivity contribution >= 4 is 186 Å². The van der Waals surface area contributed by atoms with Crippen LogP contribution in [0, 0.1) is 0 Å². The molecule has 0 nitrogen and oxygen atoms in total. The first kappa shape index (κ1) is 32.2. The maximum absolute atomic E-state index is 2.45. The van der Waals surface area contributed by atoms with Crippen LogP contribution >= 0.6 is 11.3 Å². The van der Waals surface area contributed by atoms with Crippen molar-refractivity contribution in [2.75, 3.05) is 0 Å². The predicted octanol–water partition coefficient (Wildman–Crippen LogP) is -6.05. The second-order valence-electron chi connectivity index (χ2n) is 14.4. The van der Waals surface area contributed by atoms with Crippen molar-refractivity contribution in [2.45, 2.75) is 0 Å². The molecule has 0 bridgehead atoms. The fraction of sp³-hybridized carbons (Fsp3) is 0. The zero-order valence-electron chi connectivity index (χ0n) is 30.5. The van der Waals surface area contributed by atoms with E-state index in [9.17, 15) is 0 Å². The maximum Gasteiger partial charge on any atom is 0.139 e. The Labute approximate surface area is 302 Å². The van der Waals surface area contributed by atoms with Gasteiger partial charge in [0.2, 0.25) is 0 Å². The molecule has 222 valence electrons. The molecule has 0 fully saturated rings. The van der Waals surface area contributed by atoms with Gasteiger partial charge in [-0.25, -0.2) is 0 Å². The van der Waals surface area contributed by atoms with Gasteiger partial charge < -0.3 is 0 Å². The van der Waals surface area contributed by atoms with E-state index in [1.807, 2.05) is 11.3 Å². The molecule has 0 saturated heterocycles. The van der Waals surface area contributed by atoms with Gasteiger partial charge in [-0.1, -0.05) is 88.6 Å². The van der Waals surface area contributed by atoms with Crippen molar-refractivity contribution in [3.63, 3.8) is 0 Å². The second kappa shape index (κ2) is 11.8. The molecule has 0 radical (unpaired) electrons. The van der Waals surface area contributed by atoms with Gasteiger partial charge in [-0.05, 0) is 73.1 Å². The first-order valence-corrected chi connectivity index (χ1v) is 18.4. The molecule has 7 aromatic carbocycles. The molecule has 8 rings (SSSR count). The molecule has 0 spiro atoms. The van der Waals surface area contributed by atoms with Crippen molar-refractivity contribution in [1.29, 1.82) is 0 Å². The Balaban J connectivity index is 1.38. The molecule has 0 amide bonds. The van der Waals surface area contributed by atoms with Gasteiger partial charge >= 0.3 is 0 Å². The van der Waals surface area contributed by atoms with Crippen LogP contribution in [0.15, 0.2) is 84.9 Å². The molecule has 49 heavy (non-hydrogen) atoms. The molecule has 0 aliphatic carbocycles. The fourth-order valence-corrected chi connectivity index (χ4v) is 9.73. The average Bonchev–Trinajstić information content (AvgIpc) is 3.48. The Hall–Kier alpha value is -4.07. The van der Waals surface area contributed by atoms with E-state index in [0.717, 1.165) is 0 Å². The summed E-state index contributed by atoms with van der Waals surface area (Å²) in [5.41, 5.74) is 22.0. The second-order valence-corrected chi connectivity index (χ2v) is 15.4. The van der Waals surface area contributed by atoms with Crippen LogP contribution in [-0.4, -0.2) is 78.5 Å². The summed E-state index contributed by atoms with van der Waals surface area (Å²) in [5.74, 6) is 0. The number of hydrogen-bond acceptors (Lipinski definition) is 1. The summed E-state index contributed by atoms with van der Waals surface area (Å²) in [7, 11) is 22.8. The first-order valence-electron chi connectivity index (χ1n) is 17.5. The third-order valence-corrected chi connectivity index (χ3v) is 13.4. The molecule has 0 aliphatic rings. The number of rotatable bonds is 3. The van der Waals surface area contributed by atoms with E-state index in [1.54, 1.807) is 0 Å². The van der Waals surface area contributed by atoms with Crippen molar-refractivity contribution < 1.29 is 0 Å². The quantitative estimate of drug-likeness (QED) is 0.135. The van der Waals surface area contributed by atoms with Gasteiger partial charge in [0.15, 0.2) is 0 Å². The highest BCUT2D eigenvalue weighted by Gasteiger charge is 2.21. The van der Waals surface area contributed by atoms with Crippen molar-refractivity contribution in [3.05, 3.63) is 84.9 Å². The Bertz CT molecular complexity index is 2620. The van der Waals surface area contributed by atoms with Crippen LogP contribution < -0.4 is 54.6 Å². The molecule has 0 unspecified atom stereocenters. The molecule has 1 heterocycles. The standard InChI is InChI=1S/C38H34B10S/c39-29-26(30(40)34(44)37(47)33(29)43)16-9-11-17-22-13-15(10-12-23(22)49-24(17)14-16)25-18-5-1-3-7-20(18)27(21-8-4-2-6-19(21)25)28-31(41)35(45)38(48)36(46)32(28)42/h1-14H,39-48H2. The average molecular weight is 631 g/mol. The first-order chi connectivity index (χ1) is 23.5. The van der Waals surface area contributed by atoms with Crippen LogP contribution in [0.4, 0.5) is 0 Å². The van der Waals surface area contributed by atoms with E-state index in [0.29, 0.717) is 0 Å². The van der Waals surface area contributed by atoms with E-state index in [1.165, 1.54) is 130 Å². The molecule has 11 heteroatoms. The van der Waals surface area contributed by atoms with Gasteiger partial charge in [0.1, 0.15) is 78.5 Å². The topological polar surface area (TPSA) is 0 Å². The molecular weight excluding hydrogens is 597 g/mol. The summed E-state index contributed by atoms with van der Waals surface area (Å²) < 4.78 is 2.68. The minimum absolute atomic E-state index is 1.27. The van der Waals surface area contributed by atoms with Gasteiger partial charge in [0, 0.05) is 20.2 Å². The highest BCUT2D eigenvalue weighted by atomic mass is 32.1. The summed E-state index contributed by atoms with van der Waals surface area (Å²) in [4.78, 5) is 0. The molecule has 0 aliphatic heterocycles. The Morgan fingerprint density at radius 1 is 0.286 bits per heavy atom. The van der Waals surface area contributed by atoms with Crippen LogP contribution in [0.2, 0.25) is 0 Å². The monoisotopic (exact) mass is 632 g/mol. The molecule has 1 aromatic heterocycles. The van der Waals surface area contributed by atoms with Crippen LogP contribution in [0.3, 0.4) is 0 Å². The summed E-state index contributed by atoms with van der Waals surface area (Å²) in [6.07, 6.45) is 0. The molecule has 8 aromatic rings. The Morgan fingerprint density at radius 2 is 0.694 bits per heavy atom. The predicted molar refractivity (Wildman–Crippen MR) is 252 cm³/mol. The van der Waals surface area contributed by atoms with Gasteiger partial charge in [-0.3, -0.25) is 0 Å². The number of benzene rings is 7. The minimum Gasteiger partial charge on any atom is -0.135 e. The lowest BCUT2D eigenvalue weighted by Gasteiger charge is -2.24. The molecule has 0 saturated carbocycles. The van der Waals surface area contributed by atoms with E-state index in [-0.39, 0.29) is 0 Å². The number of fused-ring (bicyclic) bond motifs is 5.